The lowest BCUT2D eigenvalue weighted by Crippen LogP contribution is -2.33. The second-order valence-electron chi connectivity index (χ2n) is 7.05. The van der Waals surface area contributed by atoms with E-state index in [1.165, 1.54) is 13.0 Å². The first-order valence-electron chi connectivity index (χ1n) is 6.68. The van der Waals surface area contributed by atoms with Crippen LogP contribution in [0.4, 0.5) is 0 Å². The van der Waals surface area contributed by atoms with Crippen LogP contribution < -0.4 is 0 Å². The Morgan fingerprint density at radius 1 is 1.47 bits per heavy atom. The molecule has 3 nitrogen and oxygen atoms in total. The van der Waals surface area contributed by atoms with Crippen LogP contribution in [0.1, 0.15) is 47.5 Å². The highest BCUT2D eigenvalue weighted by molar-refractivity contribution is 5.71. The van der Waals surface area contributed by atoms with Crippen molar-refractivity contribution in [3.05, 3.63) is 0 Å². The van der Waals surface area contributed by atoms with Gasteiger partial charge >= 0.3 is 5.97 Å². The maximum absolute atomic E-state index is 11.9. The Balaban J connectivity index is 1.87. The minimum atomic E-state index is -0.353. The van der Waals surface area contributed by atoms with Crippen LogP contribution in [0.25, 0.3) is 0 Å². The summed E-state index contributed by atoms with van der Waals surface area (Å²) in [5, 5.41) is 0. The summed E-state index contributed by atoms with van der Waals surface area (Å²) in [4.78, 5) is 14.4. The predicted octanol–water partition coefficient (Wildman–Crippen LogP) is 2.45. The van der Waals surface area contributed by atoms with E-state index in [0.717, 1.165) is 12.5 Å². The number of hydrogen-bond donors (Lipinski definition) is 0. The number of hydrogen-bond acceptors (Lipinski definition) is 3. The Labute approximate surface area is 105 Å². The van der Waals surface area contributed by atoms with E-state index < -0.39 is 0 Å². The maximum Gasteiger partial charge on any atom is 0.306 e. The van der Waals surface area contributed by atoms with Crippen LogP contribution in [0.15, 0.2) is 0 Å². The molecule has 2 aliphatic rings. The number of fused-ring (bicyclic) bond motifs is 1. The molecular formula is C14H25NO2. The van der Waals surface area contributed by atoms with Crippen molar-refractivity contribution < 1.29 is 9.53 Å². The average Bonchev–Trinajstić information content (AvgIpc) is 2.63. The molecule has 0 aromatic heterocycles. The third-order valence-corrected chi connectivity index (χ3v) is 3.98. The van der Waals surface area contributed by atoms with Gasteiger partial charge in [-0.2, -0.15) is 0 Å². The van der Waals surface area contributed by atoms with E-state index in [1.807, 2.05) is 20.8 Å². The molecular weight excluding hydrogens is 214 g/mol. The monoisotopic (exact) mass is 239 g/mol. The van der Waals surface area contributed by atoms with Gasteiger partial charge in [0.05, 0.1) is 6.42 Å². The zero-order valence-corrected chi connectivity index (χ0v) is 11.7. The molecule has 17 heavy (non-hydrogen) atoms. The highest BCUT2D eigenvalue weighted by atomic mass is 16.6. The van der Waals surface area contributed by atoms with Crippen molar-refractivity contribution in [2.75, 3.05) is 13.1 Å². The minimum Gasteiger partial charge on any atom is -0.460 e. The van der Waals surface area contributed by atoms with Gasteiger partial charge in [0, 0.05) is 19.1 Å². The van der Waals surface area contributed by atoms with Crippen LogP contribution in [0, 0.1) is 11.3 Å². The fourth-order valence-corrected chi connectivity index (χ4v) is 2.97. The van der Waals surface area contributed by atoms with Crippen molar-refractivity contribution in [3.63, 3.8) is 0 Å². The quantitative estimate of drug-likeness (QED) is 0.709. The second-order valence-corrected chi connectivity index (χ2v) is 7.05. The molecule has 0 aromatic rings. The van der Waals surface area contributed by atoms with Gasteiger partial charge in [0.15, 0.2) is 0 Å². The van der Waals surface area contributed by atoms with Crippen molar-refractivity contribution in [3.8, 4) is 0 Å². The van der Waals surface area contributed by atoms with Crippen LogP contribution in [0.2, 0.25) is 0 Å². The van der Waals surface area contributed by atoms with Crippen LogP contribution in [0.5, 0.6) is 0 Å². The highest BCUT2D eigenvalue weighted by Crippen LogP contribution is 2.60. The third kappa shape index (κ3) is 2.82. The summed E-state index contributed by atoms with van der Waals surface area (Å²) in [5.41, 5.74) is -0.0962. The topological polar surface area (TPSA) is 29.5 Å². The van der Waals surface area contributed by atoms with Gasteiger partial charge in [-0.1, -0.05) is 0 Å². The molecule has 2 fully saturated rings. The van der Waals surface area contributed by atoms with Gasteiger partial charge in [-0.25, -0.2) is 0 Å². The zero-order valence-electron chi connectivity index (χ0n) is 11.7. The summed E-state index contributed by atoms with van der Waals surface area (Å²) >= 11 is 0. The molecule has 2 atom stereocenters. The molecule has 0 bridgehead atoms. The molecule has 1 saturated heterocycles. The predicted molar refractivity (Wildman–Crippen MR) is 67.7 cm³/mol. The number of piperidine rings is 1. The molecule has 0 N–H and O–H groups in total. The van der Waals surface area contributed by atoms with Crippen molar-refractivity contribution in [2.24, 2.45) is 11.3 Å². The number of esters is 1. The molecule has 1 saturated carbocycles. The molecule has 0 amide bonds. The first-order valence-corrected chi connectivity index (χ1v) is 6.68. The van der Waals surface area contributed by atoms with Gasteiger partial charge in [-0.05, 0) is 52.4 Å². The van der Waals surface area contributed by atoms with Gasteiger partial charge in [0.25, 0.3) is 0 Å². The number of likely N-dealkylation sites (tertiary alicyclic amines) is 1. The molecule has 3 heteroatoms. The molecule has 2 unspecified atom stereocenters. The van der Waals surface area contributed by atoms with Crippen molar-refractivity contribution in [1.29, 1.82) is 0 Å². The Hall–Kier alpha value is -0.570. The summed E-state index contributed by atoms with van der Waals surface area (Å²) in [7, 11) is 0. The Bertz CT molecular complexity index is 319. The minimum absolute atomic E-state index is 0.0226. The Morgan fingerprint density at radius 3 is 2.59 bits per heavy atom. The van der Waals surface area contributed by atoms with Crippen LogP contribution >= 0.6 is 0 Å². The number of carbonyl (C=O) groups is 1. The summed E-state index contributed by atoms with van der Waals surface area (Å²) in [5.74, 6) is 0.711. The summed E-state index contributed by atoms with van der Waals surface area (Å²) < 4.78 is 5.43. The molecule has 0 aromatic carbocycles. The van der Waals surface area contributed by atoms with Gasteiger partial charge in [0.2, 0.25) is 0 Å². The molecule has 0 spiro atoms. The van der Waals surface area contributed by atoms with E-state index >= 15 is 0 Å². The van der Waals surface area contributed by atoms with Crippen molar-refractivity contribution in [2.45, 2.75) is 59.1 Å². The smallest absolute Gasteiger partial charge is 0.306 e. The van der Waals surface area contributed by atoms with Crippen LogP contribution in [0.3, 0.4) is 0 Å². The molecule has 1 aliphatic carbocycles. The van der Waals surface area contributed by atoms with Gasteiger partial charge in [-0.15, -0.1) is 0 Å². The average molecular weight is 239 g/mol. The first kappa shape index (κ1) is 12.9. The van der Waals surface area contributed by atoms with Crippen molar-refractivity contribution >= 4 is 5.97 Å². The molecule has 98 valence electrons. The largest absolute Gasteiger partial charge is 0.460 e. The zero-order chi connectivity index (χ0) is 12.8. The summed E-state index contributed by atoms with van der Waals surface area (Å²) in [6, 6.07) is 0.596. The van der Waals surface area contributed by atoms with Crippen LogP contribution in [-0.2, 0) is 9.53 Å². The molecule has 2 rings (SSSR count). The second kappa shape index (κ2) is 3.98. The lowest BCUT2D eigenvalue weighted by Gasteiger charge is -2.25. The number of nitrogens with zero attached hydrogens (tertiary/aromatic N) is 1. The van der Waals surface area contributed by atoms with E-state index in [9.17, 15) is 4.79 Å². The maximum atomic E-state index is 11.9. The van der Waals surface area contributed by atoms with Crippen LogP contribution in [-0.4, -0.2) is 35.6 Å². The lowest BCUT2D eigenvalue weighted by molar-refractivity contribution is -0.156. The van der Waals surface area contributed by atoms with Gasteiger partial charge in [0.1, 0.15) is 5.60 Å². The summed E-state index contributed by atoms with van der Waals surface area (Å²) in [6.45, 7) is 12.5. The van der Waals surface area contributed by atoms with Gasteiger partial charge < -0.3 is 9.64 Å². The Morgan fingerprint density at radius 2 is 2.12 bits per heavy atom. The standard InChI is InChI=1S/C14H25NO2/c1-10(2)15-8-11-6-14(11,9-15)7-12(16)17-13(3,4)5/h10-11H,6-9H2,1-5H3. The number of carbonyl (C=O) groups excluding carboxylic acids is 1. The fourth-order valence-electron chi connectivity index (χ4n) is 2.97. The molecule has 0 radical (unpaired) electrons. The molecule has 1 aliphatic heterocycles. The number of ether oxygens (including phenoxy) is 1. The van der Waals surface area contributed by atoms with E-state index in [2.05, 4.69) is 18.7 Å². The van der Waals surface area contributed by atoms with Gasteiger partial charge in [-0.3, -0.25) is 4.79 Å². The molecule has 1 heterocycles. The van der Waals surface area contributed by atoms with E-state index in [0.29, 0.717) is 12.5 Å². The Kier molecular flexibility index (Phi) is 3.01. The number of rotatable bonds is 3. The van der Waals surface area contributed by atoms with Crippen molar-refractivity contribution in [1.82, 2.24) is 4.90 Å². The van der Waals surface area contributed by atoms with E-state index in [1.54, 1.807) is 0 Å². The van der Waals surface area contributed by atoms with E-state index in [4.69, 9.17) is 4.74 Å². The van der Waals surface area contributed by atoms with E-state index in [-0.39, 0.29) is 17.0 Å². The third-order valence-electron chi connectivity index (χ3n) is 3.98. The SMILES string of the molecule is CC(C)N1CC2CC2(CC(=O)OC(C)(C)C)C1. The highest BCUT2D eigenvalue weighted by Gasteiger charge is 2.60. The summed E-state index contributed by atoms with van der Waals surface area (Å²) in [6.07, 6.45) is 1.83. The first-order chi connectivity index (χ1) is 7.72. The normalized spacial score (nSPS) is 32.7. The fraction of sp³-hybridized carbons (Fsp3) is 0.929. The lowest BCUT2D eigenvalue weighted by atomic mass is 10.0.